The van der Waals surface area contributed by atoms with Gasteiger partial charge in [0.15, 0.2) is 0 Å². The highest BCUT2D eigenvalue weighted by molar-refractivity contribution is 7.13. The van der Waals surface area contributed by atoms with Gasteiger partial charge in [0.1, 0.15) is 5.01 Å². The van der Waals surface area contributed by atoms with Crippen LogP contribution in [0.4, 0.5) is 0 Å². The van der Waals surface area contributed by atoms with Gasteiger partial charge in [0.05, 0.1) is 5.92 Å². The highest BCUT2D eigenvalue weighted by atomic mass is 32.1. The zero-order valence-corrected chi connectivity index (χ0v) is 12.4. The summed E-state index contributed by atoms with van der Waals surface area (Å²) < 4.78 is 1.31. The number of nitrogens with zero attached hydrogens (tertiary/aromatic N) is 4. The van der Waals surface area contributed by atoms with E-state index >= 15 is 0 Å². The molecule has 20 heavy (non-hydrogen) atoms. The quantitative estimate of drug-likeness (QED) is 0.913. The van der Waals surface area contributed by atoms with E-state index in [2.05, 4.69) is 15.2 Å². The lowest BCUT2D eigenvalue weighted by Crippen LogP contribution is -2.28. The Morgan fingerprint density at radius 2 is 1.95 bits per heavy atom. The number of rotatable bonds is 3. The van der Waals surface area contributed by atoms with Crippen molar-refractivity contribution in [1.29, 1.82) is 0 Å². The second-order valence-electron chi connectivity index (χ2n) is 4.48. The van der Waals surface area contributed by atoms with Crippen LogP contribution < -0.4 is 5.69 Å². The van der Waals surface area contributed by atoms with Gasteiger partial charge in [0, 0.05) is 17.0 Å². The Balaban J connectivity index is 2.74. The van der Waals surface area contributed by atoms with Crippen LogP contribution in [0.25, 0.3) is 5.13 Å². The molecule has 0 aromatic carbocycles. The molecule has 0 aliphatic carbocycles. The van der Waals surface area contributed by atoms with Gasteiger partial charge < -0.3 is 5.11 Å². The van der Waals surface area contributed by atoms with Gasteiger partial charge in [-0.05, 0) is 27.7 Å². The second kappa shape index (κ2) is 5.12. The van der Waals surface area contributed by atoms with E-state index in [1.165, 1.54) is 15.9 Å². The lowest BCUT2D eigenvalue weighted by atomic mass is 9.98. The number of carboxylic acids is 1. The Morgan fingerprint density at radius 1 is 1.30 bits per heavy atom. The Labute approximate surface area is 118 Å². The summed E-state index contributed by atoms with van der Waals surface area (Å²) >= 11 is 1.26. The molecule has 0 radical (unpaired) electrons. The summed E-state index contributed by atoms with van der Waals surface area (Å²) in [5, 5.41) is 18.1. The molecule has 0 saturated heterocycles. The molecule has 1 atom stereocenters. The Bertz CT molecular complexity index is 735. The fourth-order valence-electron chi connectivity index (χ4n) is 2.13. The summed E-state index contributed by atoms with van der Waals surface area (Å²) in [6.07, 6.45) is 0. The molecule has 0 bridgehead atoms. The average Bonchev–Trinajstić information content (AvgIpc) is 2.74. The van der Waals surface area contributed by atoms with Gasteiger partial charge in [-0.25, -0.2) is 9.36 Å². The maximum Gasteiger partial charge on any atom is 0.354 e. The van der Waals surface area contributed by atoms with E-state index in [9.17, 15) is 14.7 Å². The molecule has 7 nitrogen and oxygen atoms in total. The molecule has 1 N–H and O–H groups in total. The SMILES string of the molecule is Cc1nnc(-n2c(C)c(C(C)C(=O)O)c(C)nc2=O)s1. The van der Waals surface area contributed by atoms with Crippen LogP contribution in [0.15, 0.2) is 4.79 Å². The average molecular weight is 294 g/mol. The number of aromatic nitrogens is 4. The fourth-order valence-corrected chi connectivity index (χ4v) is 2.87. The van der Waals surface area contributed by atoms with Crippen LogP contribution in [0.3, 0.4) is 0 Å². The fraction of sp³-hybridized carbons (Fsp3) is 0.417. The van der Waals surface area contributed by atoms with Gasteiger partial charge >= 0.3 is 11.7 Å². The summed E-state index contributed by atoms with van der Waals surface area (Å²) in [7, 11) is 0. The van der Waals surface area contributed by atoms with Gasteiger partial charge in [-0.15, -0.1) is 10.2 Å². The molecule has 0 amide bonds. The minimum atomic E-state index is -0.961. The van der Waals surface area contributed by atoms with Crippen molar-refractivity contribution in [1.82, 2.24) is 19.7 Å². The van der Waals surface area contributed by atoms with Crippen molar-refractivity contribution in [2.24, 2.45) is 0 Å². The van der Waals surface area contributed by atoms with E-state index in [4.69, 9.17) is 0 Å². The third-order valence-corrected chi connectivity index (χ3v) is 3.90. The second-order valence-corrected chi connectivity index (χ2v) is 5.64. The molecule has 0 aliphatic rings. The molecular formula is C12H14N4O3S. The van der Waals surface area contributed by atoms with Crippen LogP contribution in [-0.4, -0.2) is 30.8 Å². The van der Waals surface area contributed by atoms with E-state index in [1.807, 2.05) is 0 Å². The van der Waals surface area contributed by atoms with Crippen LogP contribution >= 0.6 is 11.3 Å². The monoisotopic (exact) mass is 294 g/mol. The van der Waals surface area contributed by atoms with Crippen molar-refractivity contribution < 1.29 is 9.90 Å². The smallest absolute Gasteiger partial charge is 0.354 e. The molecule has 8 heteroatoms. The van der Waals surface area contributed by atoms with Gasteiger partial charge in [0.25, 0.3) is 0 Å². The zero-order valence-electron chi connectivity index (χ0n) is 11.5. The molecule has 2 aromatic rings. The molecule has 2 heterocycles. The summed E-state index contributed by atoms with van der Waals surface area (Å²) in [6.45, 7) is 6.68. The predicted molar refractivity (Wildman–Crippen MR) is 73.6 cm³/mol. The molecule has 2 aromatic heterocycles. The maximum atomic E-state index is 12.1. The third kappa shape index (κ3) is 2.34. The van der Waals surface area contributed by atoms with Crippen molar-refractivity contribution >= 4 is 17.3 Å². The minimum absolute atomic E-state index is 0.399. The lowest BCUT2D eigenvalue weighted by Gasteiger charge is -2.16. The lowest BCUT2D eigenvalue weighted by molar-refractivity contribution is -0.138. The van der Waals surface area contributed by atoms with E-state index in [0.717, 1.165) is 5.01 Å². The Hall–Kier alpha value is -2.09. The molecule has 0 fully saturated rings. The summed E-state index contributed by atoms with van der Waals surface area (Å²) in [4.78, 5) is 27.2. The standard InChI is InChI=1S/C12H14N4O3S/c1-5(10(17)18)9-6(2)13-11(19)16(7(9)3)12-15-14-8(4)20-12/h5H,1-4H3,(H,17,18). The first kappa shape index (κ1) is 14.3. The Morgan fingerprint density at radius 3 is 2.45 bits per heavy atom. The number of carboxylic acid groups (broad SMARTS) is 1. The van der Waals surface area contributed by atoms with Crippen LogP contribution in [-0.2, 0) is 4.79 Å². The highest BCUT2D eigenvalue weighted by Gasteiger charge is 2.23. The first-order valence-corrected chi connectivity index (χ1v) is 6.78. The van der Waals surface area contributed by atoms with Gasteiger partial charge in [0.2, 0.25) is 5.13 Å². The molecule has 0 spiro atoms. The van der Waals surface area contributed by atoms with E-state index in [-0.39, 0.29) is 0 Å². The molecule has 106 valence electrons. The normalized spacial score (nSPS) is 12.4. The number of aliphatic carboxylic acids is 1. The Kier molecular flexibility index (Phi) is 3.67. The number of aryl methyl sites for hydroxylation is 2. The first-order valence-electron chi connectivity index (χ1n) is 5.96. The summed E-state index contributed by atoms with van der Waals surface area (Å²) in [6, 6.07) is 0. The van der Waals surface area contributed by atoms with Crippen LogP contribution in [0, 0.1) is 20.8 Å². The van der Waals surface area contributed by atoms with Gasteiger partial charge in [-0.3, -0.25) is 4.79 Å². The molecular weight excluding hydrogens is 280 g/mol. The topological polar surface area (TPSA) is 98.0 Å². The summed E-state index contributed by atoms with van der Waals surface area (Å²) in [5.74, 6) is -1.71. The minimum Gasteiger partial charge on any atom is -0.481 e. The van der Waals surface area contributed by atoms with Crippen molar-refractivity contribution in [3.05, 3.63) is 32.4 Å². The number of hydrogen-bond donors (Lipinski definition) is 1. The van der Waals surface area contributed by atoms with Crippen molar-refractivity contribution in [2.75, 3.05) is 0 Å². The molecule has 0 saturated carbocycles. The molecule has 1 unspecified atom stereocenters. The van der Waals surface area contributed by atoms with Crippen LogP contribution in [0.2, 0.25) is 0 Å². The van der Waals surface area contributed by atoms with E-state index in [0.29, 0.717) is 22.1 Å². The van der Waals surface area contributed by atoms with Crippen molar-refractivity contribution in [3.8, 4) is 5.13 Å². The predicted octanol–water partition coefficient (Wildman–Crippen LogP) is 1.20. The zero-order chi connectivity index (χ0) is 15.0. The first-order chi connectivity index (χ1) is 9.32. The summed E-state index contributed by atoms with van der Waals surface area (Å²) in [5.41, 5.74) is 1.02. The maximum absolute atomic E-state index is 12.1. The van der Waals surface area contributed by atoms with Crippen LogP contribution in [0.1, 0.15) is 34.8 Å². The largest absolute Gasteiger partial charge is 0.481 e. The number of hydrogen-bond acceptors (Lipinski definition) is 6. The van der Waals surface area contributed by atoms with Gasteiger partial charge in [-0.1, -0.05) is 11.3 Å². The number of carbonyl (C=O) groups is 1. The molecule has 0 aliphatic heterocycles. The third-order valence-electron chi connectivity index (χ3n) is 3.08. The molecule has 2 rings (SSSR count). The van der Waals surface area contributed by atoms with Crippen molar-refractivity contribution in [3.63, 3.8) is 0 Å². The highest BCUT2D eigenvalue weighted by Crippen LogP contribution is 2.23. The van der Waals surface area contributed by atoms with E-state index in [1.54, 1.807) is 27.7 Å². The van der Waals surface area contributed by atoms with Crippen LogP contribution in [0.5, 0.6) is 0 Å². The van der Waals surface area contributed by atoms with Crippen molar-refractivity contribution in [2.45, 2.75) is 33.6 Å². The van der Waals surface area contributed by atoms with Gasteiger partial charge in [-0.2, -0.15) is 4.98 Å². The van der Waals surface area contributed by atoms with E-state index < -0.39 is 17.6 Å².